The first kappa shape index (κ1) is 12.1. The number of ether oxygens (including phenoxy) is 1. The van der Waals surface area contributed by atoms with E-state index >= 15 is 0 Å². The summed E-state index contributed by atoms with van der Waals surface area (Å²) >= 11 is 0. The summed E-state index contributed by atoms with van der Waals surface area (Å²) in [5, 5.41) is 9.08. The molecule has 0 fully saturated rings. The van der Waals surface area contributed by atoms with E-state index in [1.807, 2.05) is 12.2 Å². The van der Waals surface area contributed by atoms with Gasteiger partial charge in [-0.05, 0) is 42.3 Å². The molecule has 0 aliphatic rings. The highest BCUT2D eigenvalue weighted by molar-refractivity contribution is 5.31. The van der Waals surface area contributed by atoms with Crippen molar-refractivity contribution >= 4 is 0 Å². The van der Waals surface area contributed by atoms with Gasteiger partial charge in [-0.25, -0.2) is 0 Å². The number of allylic oxidation sites excluding steroid dienone is 4. The van der Waals surface area contributed by atoms with Crippen LogP contribution < -0.4 is 4.74 Å². The van der Waals surface area contributed by atoms with Gasteiger partial charge in [-0.2, -0.15) is 0 Å². The second kappa shape index (κ2) is 6.51. The van der Waals surface area contributed by atoms with Gasteiger partial charge < -0.3 is 9.84 Å². The molecule has 0 amide bonds. The van der Waals surface area contributed by atoms with Crippen LogP contribution in [0.1, 0.15) is 13.3 Å². The molecule has 0 aromatic heterocycles. The quantitative estimate of drug-likeness (QED) is 0.599. The Kier molecular flexibility index (Phi) is 4.93. The summed E-state index contributed by atoms with van der Waals surface area (Å²) in [6.45, 7) is 5.72. The predicted molar refractivity (Wildman–Crippen MR) is 66.4 cm³/mol. The molecule has 16 heavy (non-hydrogen) atoms. The molecule has 0 spiro atoms. The van der Waals surface area contributed by atoms with Crippen molar-refractivity contribution in [3.63, 3.8) is 0 Å². The van der Waals surface area contributed by atoms with Crippen molar-refractivity contribution in [2.45, 2.75) is 13.3 Å². The minimum absolute atomic E-state index is 0.233. The second-order valence-electron chi connectivity index (χ2n) is 3.25. The summed E-state index contributed by atoms with van der Waals surface area (Å²) in [7, 11) is 0. The molecule has 1 rings (SSSR count). The molecule has 0 atom stereocenters. The number of phenolic OH excluding ortho intramolecular Hbond substituents is 1. The monoisotopic (exact) mass is 216 g/mol. The van der Waals surface area contributed by atoms with Gasteiger partial charge in [0.2, 0.25) is 0 Å². The van der Waals surface area contributed by atoms with Crippen LogP contribution >= 0.6 is 0 Å². The average molecular weight is 216 g/mol. The summed E-state index contributed by atoms with van der Waals surface area (Å²) in [6.07, 6.45) is 8.15. The minimum atomic E-state index is 0.233. The summed E-state index contributed by atoms with van der Waals surface area (Å²) in [5.74, 6) is 0.931. The molecule has 1 aromatic carbocycles. The molecule has 1 aromatic rings. The predicted octanol–water partition coefficient (Wildman–Crippen LogP) is 3.81. The van der Waals surface area contributed by atoms with Gasteiger partial charge in [0.25, 0.3) is 0 Å². The highest BCUT2D eigenvalue weighted by Crippen LogP contribution is 2.16. The molecule has 0 unspecified atom stereocenters. The number of aromatic hydroxyl groups is 1. The van der Waals surface area contributed by atoms with E-state index < -0.39 is 0 Å². The lowest BCUT2D eigenvalue weighted by atomic mass is 10.2. The summed E-state index contributed by atoms with van der Waals surface area (Å²) in [5.41, 5.74) is 1.15. The molecule has 0 saturated heterocycles. The number of benzene rings is 1. The van der Waals surface area contributed by atoms with Crippen LogP contribution in [0, 0.1) is 0 Å². The van der Waals surface area contributed by atoms with Gasteiger partial charge >= 0.3 is 0 Å². The van der Waals surface area contributed by atoms with Crippen molar-refractivity contribution in [3.8, 4) is 11.5 Å². The van der Waals surface area contributed by atoms with E-state index in [4.69, 9.17) is 9.84 Å². The van der Waals surface area contributed by atoms with Crippen LogP contribution in [-0.2, 0) is 0 Å². The van der Waals surface area contributed by atoms with Gasteiger partial charge in [0.1, 0.15) is 11.5 Å². The molecule has 2 heteroatoms. The lowest BCUT2D eigenvalue weighted by Gasteiger charge is -2.00. The number of hydrogen-bond acceptors (Lipinski definition) is 2. The maximum atomic E-state index is 9.08. The summed E-state index contributed by atoms with van der Waals surface area (Å²) in [6, 6.07) is 6.60. The van der Waals surface area contributed by atoms with E-state index in [-0.39, 0.29) is 5.75 Å². The van der Waals surface area contributed by atoms with Crippen LogP contribution in [0.4, 0.5) is 0 Å². The van der Waals surface area contributed by atoms with Crippen LogP contribution in [0.15, 0.2) is 60.9 Å². The first-order chi connectivity index (χ1) is 7.76. The molecule has 1 N–H and O–H groups in total. The Balaban J connectivity index is 2.56. The molecular weight excluding hydrogens is 200 g/mol. The maximum absolute atomic E-state index is 9.08. The van der Waals surface area contributed by atoms with Crippen molar-refractivity contribution in [3.05, 3.63) is 60.9 Å². The molecule has 0 aliphatic heterocycles. The number of rotatable bonds is 5. The lowest BCUT2D eigenvalue weighted by molar-refractivity contribution is 0.463. The van der Waals surface area contributed by atoms with Crippen molar-refractivity contribution in [2.75, 3.05) is 0 Å². The van der Waals surface area contributed by atoms with Gasteiger partial charge in [-0.1, -0.05) is 25.7 Å². The minimum Gasteiger partial charge on any atom is -0.508 e. The van der Waals surface area contributed by atoms with Crippen LogP contribution in [0.2, 0.25) is 0 Å². The van der Waals surface area contributed by atoms with E-state index in [9.17, 15) is 0 Å². The summed E-state index contributed by atoms with van der Waals surface area (Å²) in [4.78, 5) is 0. The molecule has 0 bridgehead atoms. The standard InChI is InChI=1S/C14H16O2/c1-3-5-12(4-2)10-11-16-14-8-6-13(15)7-9-14/h3,5-11,15H,1,4H2,2H3/b11-10-,12-5-. The van der Waals surface area contributed by atoms with Crippen molar-refractivity contribution in [2.24, 2.45) is 0 Å². The van der Waals surface area contributed by atoms with E-state index in [1.54, 1.807) is 36.6 Å². The first-order valence-electron chi connectivity index (χ1n) is 5.20. The van der Waals surface area contributed by atoms with E-state index in [2.05, 4.69) is 13.5 Å². The van der Waals surface area contributed by atoms with E-state index in [1.165, 1.54) is 0 Å². The molecule has 0 heterocycles. The van der Waals surface area contributed by atoms with Crippen molar-refractivity contribution < 1.29 is 9.84 Å². The van der Waals surface area contributed by atoms with Gasteiger partial charge in [0, 0.05) is 0 Å². The fourth-order valence-electron chi connectivity index (χ4n) is 1.17. The van der Waals surface area contributed by atoms with Crippen molar-refractivity contribution in [1.29, 1.82) is 0 Å². The number of hydrogen-bond donors (Lipinski definition) is 1. The maximum Gasteiger partial charge on any atom is 0.126 e. The third-order valence-electron chi connectivity index (χ3n) is 2.06. The van der Waals surface area contributed by atoms with Gasteiger partial charge in [-0.15, -0.1) is 0 Å². The number of phenols is 1. The van der Waals surface area contributed by atoms with E-state index in [0.717, 1.165) is 12.0 Å². The Labute approximate surface area is 96.2 Å². The Morgan fingerprint density at radius 1 is 1.38 bits per heavy atom. The second-order valence-corrected chi connectivity index (χ2v) is 3.25. The molecule has 0 radical (unpaired) electrons. The molecule has 2 nitrogen and oxygen atoms in total. The highest BCUT2D eigenvalue weighted by Gasteiger charge is 1.91. The first-order valence-corrected chi connectivity index (χ1v) is 5.20. The Hall–Kier alpha value is -1.96. The third-order valence-corrected chi connectivity index (χ3v) is 2.06. The molecule has 0 aliphatic carbocycles. The van der Waals surface area contributed by atoms with Crippen molar-refractivity contribution in [1.82, 2.24) is 0 Å². The van der Waals surface area contributed by atoms with E-state index in [0.29, 0.717) is 5.75 Å². The molecular formula is C14H16O2. The normalized spacial score (nSPS) is 11.7. The van der Waals surface area contributed by atoms with Gasteiger partial charge in [-0.3, -0.25) is 0 Å². The van der Waals surface area contributed by atoms with Crippen LogP contribution in [0.25, 0.3) is 0 Å². The highest BCUT2D eigenvalue weighted by atomic mass is 16.5. The average Bonchev–Trinajstić information content (AvgIpc) is 2.30. The Bertz CT molecular complexity index is 386. The fourth-order valence-corrected chi connectivity index (χ4v) is 1.17. The Morgan fingerprint density at radius 2 is 2.06 bits per heavy atom. The molecule has 0 saturated carbocycles. The molecule has 84 valence electrons. The smallest absolute Gasteiger partial charge is 0.126 e. The summed E-state index contributed by atoms with van der Waals surface area (Å²) < 4.78 is 5.37. The van der Waals surface area contributed by atoms with Gasteiger partial charge in [0.15, 0.2) is 0 Å². The zero-order chi connectivity index (χ0) is 11.8. The SMILES string of the molecule is C=C/C=C(\C=C/Oc1ccc(O)cc1)CC. The largest absolute Gasteiger partial charge is 0.508 e. The topological polar surface area (TPSA) is 29.5 Å². The Morgan fingerprint density at radius 3 is 2.62 bits per heavy atom. The zero-order valence-corrected chi connectivity index (χ0v) is 9.39. The van der Waals surface area contributed by atoms with Crippen LogP contribution in [0.5, 0.6) is 11.5 Å². The third kappa shape index (κ3) is 4.05. The van der Waals surface area contributed by atoms with Gasteiger partial charge in [0.05, 0.1) is 6.26 Å². The lowest BCUT2D eigenvalue weighted by Crippen LogP contribution is -1.82. The fraction of sp³-hybridized carbons (Fsp3) is 0.143. The zero-order valence-electron chi connectivity index (χ0n) is 9.39. The van der Waals surface area contributed by atoms with Crippen LogP contribution in [-0.4, -0.2) is 5.11 Å². The van der Waals surface area contributed by atoms with Crippen LogP contribution in [0.3, 0.4) is 0 Å².